The average molecular weight is 266 g/mol. The smallest absolute Gasteiger partial charge is 0.303 e. The molecule has 0 spiro atoms. The van der Waals surface area contributed by atoms with Gasteiger partial charge in [-0.05, 0) is 69.1 Å². The van der Waals surface area contributed by atoms with Crippen molar-refractivity contribution in [1.29, 1.82) is 0 Å². The van der Waals surface area contributed by atoms with E-state index in [-0.39, 0.29) is 12.5 Å². The van der Waals surface area contributed by atoms with Crippen LogP contribution in [0.25, 0.3) is 0 Å². The van der Waals surface area contributed by atoms with Gasteiger partial charge in [-0.25, -0.2) is 0 Å². The van der Waals surface area contributed by atoms with Gasteiger partial charge < -0.3 is 10.2 Å². The first-order valence-electron chi connectivity index (χ1n) is 7.64. The fourth-order valence-corrected chi connectivity index (χ4v) is 4.30. The molecule has 5 unspecified atom stereocenters. The highest BCUT2D eigenvalue weighted by Gasteiger charge is 2.48. The molecule has 2 aliphatic rings. The Kier molecular flexibility index (Phi) is 5.03. The minimum absolute atomic E-state index is 0.180. The molecule has 0 aromatic heterocycles. The van der Waals surface area contributed by atoms with Crippen LogP contribution in [0.5, 0.6) is 0 Å². The molecular weight excluding hydrogens is 240 g/mol. The van der Waals surface area contributed by atoms with Gasteiger partial charge in [-0.2, -0.15) is 0 Å². The van der Waals surface area contributed by atoms with Crippen molar-refractivity contribution >= 4 is 5.97 Å². The van der Waals surface area contributed by atoms with Gasteiger partial charge in [-0.1, -0.05) is 12.2 Å². The highest BCUT2D eigenvalue weighted by molar-refractivity contribution is 5.66. The standard InChI is InChI=1S/C16H26O3/c1-11(17)16-13-9-8-12(10-13)14(16)6-4-2-3-5-7-15(18)19/h2,4,11-14,16-17H,3,5-10H2,1H3,(H,18,19). The van der Waals surface area contributed by atoms with Crippen LogP contribution in [0.1, 0.15) is 51.9 Å². The molecule has 0 heterocycles. The van der Waals surface area contributed by atoms with E-state index in [0.29, 0.717) is 11.8 Å². The van der Waals surface area contributed by atoms with Gasteiger partial charge in [0.1, 0.15) is 0 Å². The second-order valence-electron chi connectivity index (χ2n) is 6.31. The summed E-state index contributed by atoms with van der Waals surface area (Å²) in [4.78, 5) is 10.4. The van der Waals surface area contributed by atoms with Gasteiger partial charge in [0.2, 0.25) is 0 Å². The first-order valence-corrected chi connectivity index (χ1v) is 7.64. The summed E-state index contributed by atoms with van der Waals surface area (Å²) in [6, 6.07) is 0. The lowest BCUT2D eigenvalue weighted by atomic mass is 9.75. The molecule has 19 heavy (non-hydrogen) atoms. The molecule has 0 aromatic rings. The molecule has 0 aliphatic heterocycles. The molecule has 0 amide bonds. The Labute approximate surface area is 115 Å². The van der Waals surface area contributed by atoms with Crippen LogP contribution >= 0.6 is 0 Å². The van der Waals surface area contributed by atoms with Crippen molar-refractivity contribution in [3.8, 4) is 0 Å². The van der Waals surface area contributed by atoms with E-state index in [0.717, 1.165) is 31.1 Å². The predicted molar refractivity (Wildman–Crippen MR) is 74.7 cm³/mol. The van der Waals surface area contributed by atoms with Crippen LogP contribution in [0, 0.1) is 23.7 Å². The number of hydrogen-bond donors (Lipinski definition) is 2. The third kappa shape index (κ3) is 3.59. The van der Waals surface area contributed by atoms with Crippen molar-refractivity contribution in [2.24, 2.45) is 23.7 Å². The number of aliphatic hydroxyl groups is 1. The Morgan fingerprint density at radius 2 is 2.05 bits per heavy atom. The van der Waals surface area contributed by atoms with Crippen LogP contribution in [0.4, 0.5) is 0 Å². The number of carboxylic acid groups (broad SMARTS) is 1. The van der Waals surface area contributed by atoms with Crippen LogP contribution in [0.3, 0.4) is 0 Å². The lowest BCUT2D eigenvalue weighted by Gasteiger charge is -2.32. The minimum atomic E-state index is -0.712. The van der Waals surface area contributed by atoms with E-state index in [1.807, 2.05) is 6.92 Å². The highest BCUT2D eigenvalue weighted by atomic mass is 16.4. The quantitative estimate of drug-likeness (QED) is 0.549. The first-order chi connectivity index (χ1) is 9.09. The van der Waals surface area contributed by atoms with E-state index in [2.05, 4.69) is 12.2 Å². The molecule has 0 radical (unpaired) electrons. The predicted octanol–water partition coefficient (Wildman–Crippen LogP) is 3.23. The lowest BCUT2D eigenvalue weighted by molar-refractivity contribution is -0.137. The third-order valence-corrected chi connectivity index (χ3v) is 5.05. The Bertz CT molecular complexity index is 335. The van der Waals surface area contributed by atoms with Crippen molar-refractivity contribution in [2.45, 2.75) is 58.0 Å². The normalized spacial score (nSPS) is 35.1. The van der Waals surface area contributed by atoms with Crippen LogP contribution in [0.2, 0.25) is 0 Å². The van der Waals surface area contributed by atoms with Crippen molar-refractivity contribution in [3.63, 3.8) is 0 Å². The number of carboxylic acids is 1. The highest BCUT2D eigenvalue weighted by Crippen LogP contribution is 2.54. The van der Waals surface area contributed by atoms with Crippen LogP contribution in [-0.2, 0) is 4.79 Å². The number of carbonyl (C=O) groups is 1. The Hall–Kier alpha value is -0.830. The number of fused-ring (bicyclic) bond motifs is 2. The molecule has 108 valence electrons. The summed E-state index contributed by atoms with van der Waals surface area (Å²) in [5.74, 6) is 1.98. The molecule has 2 N–H and O–H groups in total. The number of allylic oxidation sites excluding steroid dienone is 2. The molecule has 3 heteroatoms. The van der Waals surface area contributed by atoms with Gasteiger partial charge in [0, 0.05) is 6.42 Å². The van der Waals surface area contributed by atoms with E-state index in [4.69, 9.17) is 5.11 Å². The fourth-order valence-electron chi connectivity index (χ4n) is 4.30. The molecular formula is C16H26O3. The molecule has 2 bridgehead atoms. The van der Waals surface area contributed by atoms with Gasteiger partial charge in [0.25, 0.3) is 0 Å². The molecule has 2 aliphatic carbocycles. The van der Waals surface area contributed by atoms with Crippen molar-refractivity contribution < 1.29 is 15.0 Å². The number of hydrogen-bond acceptors (Lipinski definition) is 2. The Morgan fingerprint density at radius 3 is 2.74 bits per heavy atom. The molecule has 2 fully saturated rings. The maximum atomic E-state index is 10.4. The second-order valence-corrected chi connectivity index (χ2v) is 6.31. The number of aliphatic hydroxyl groups excluding tert-OH is 1. The zero-order valence-electron chi connectivity index (χ0n) is 11.8. The monoisotopic (exact) mass is 266 g/mol. The summed E-state index contributed by atoms with van der Waals surface area (Å²) in [6.07, 6.45) is 11.0. The molecule has 0 saturated heterocycles. The summed E-state index contributed by atoms with van der Waals surface area (Å²) >= 11 is 0. The van der Waals surface area contributed by atoms with E-state index >= 15 is 0 Å². The molecule has 0 aromatic carbocycles. The average Bonchev–Trinajstić information content (AvgIpc) is 2.93. The van der Waals surface area contributed by atoms with Crippen molar-refractivity contribution in [3.05, 3.63) is 12.2 Å². The van der Waals surface area contributed by atoms with Crippen LogP contribution in [-0.4, -0.2) is 22.3 Å². The number of aliphatic carboxylic acids is 1. The number of rotatable bonds is 7. The van der Waals surface area contributed by atoms with Crippen molar-refractivity contribution in [1.82, 2.24) is 0 Å². The maximum absolute atomic E-state index is 10.4. The lowest BCUT2D eigenvalue weighted by Crippen LogP contribution is -2.30. The van der Waals surface area contributed by atoms with Crippen LogP contribution in [0.15, 0.2) is 12.2 Å². The summed E-state index contributed by atoms with van der Waals surface area (Å²) in [5, 5.41) is 18.5. The van der Waals surface area contributed by atoms with Crippen LogP contribution < -0.4 is 0 Å². The topological polar surface area (TPSA) is 57.5 Å². The van der Waals surface area contributed by atoms with Gasteiger partial charge in [-0.15, -0.1) is 0 Å². The SMILES string of the molecule is CC(O)C1C2CCC(C2)C1CC=CCCCC(=O)O. The van der Waals surface area contributed by atoms with E-state index < -0.39 is 5.97 Å². The molecule has 2 saturated carbocycles. The van der Waals surface area contributed by atoms with Crippen molar-refractivity contribution in [2.75, 3.05) is 0 Å². The first kappa shape index (κ1) is 14.6. The fraction of sp³-hybridized carbons (Fsp3) is 0.812. The van der Waals surface area contributed by atoms with E-state index in [1.165, 1.54) is 19.3 Å². The van der Waals surface area contributed by atoms with E-state index in [9.17, 15) is 9.90 Å². The Balaban J connectivity index is 1.75. The second kappa shape index (κ2) is 6.56. The van der Waals surface area contributed by atoms with E-state index in [1.54, 1.807) is 0 Å². The zero-order chi connectivity index (χ0) is 13.8. The summed E-state index contributed by atoms with van der Waals surface area (Å²) in [6.45, 7) is 1.94. The summed E-state index contributed by atoms with van der Waals surface area (Å²) < 4.78 is 0. The maximum Gasteiger partial charge on any atom is 0.303 e. The minimum Gasteiger partial charge on any atom is -0.481 e. The summed E-state index contributed by atoms with van der Waals surface area (Å²) in [5.41, 5.74) is 0. The van der Waals surface area contributed by atoms with Gasteiger partial charge in [0.05, 0.1) is 6.10 Å². The number of unbranched alkanes of at least 4 members (excludes halogenated alkanes) is 1. The Morgan fingerprint density at radius 1 is 1.32 bits per heavy atom. The third-order valence-electron chi connectivity index (χ3n) is 5.05. The van der Waals surface area contributed by atoms with Gasteiger partial charge >= 0.3 is 5.97 Å². The zero-order valence-corrected chi connectivity index (χ0v) is 11.8. The molecule has 5 atom stereocenters. The molecule has 2 rings (SSSR count). The van der Waals surface area contributed by atoms with Gasteiger partial charge in [0.15, 0.2) is 0 Å². The largest absolute Gasteiger partial charge is 0.481 e. The van der Waals surface area contributed by atoms with Gasteiger partial charge in [-0.3, -0.25) is 4.79 Å². The summed E-state index contributed by atoms with van der Waals surface area (Å²) in [7, 11) is 0. The molecule has 3 nitrogen and oxygen atoms in total.